The van der Waals surface area contributed by atoms with Crippen molar-refractivity contribution in [2.45, 2.75) is 238 Å². The molecule has 0 rings (SSSR count). The Balaban J connectivity index is 3.74. The smallest absolute Gasteiger partial charge is 0.457 e. The van der Waals surface area contributed by atoms with E-state index in [1.165, 1.54) is 173 Å². The van der Waals surface area contributed by atoms with Crippen molar-refractivity contribution in [3.63, 3.8) is 0 Å². The maximum Gasteiger partial charge on any atom is 0.469 e. The lowest BCUT2D eigenvalue weighted by molar-refractivity contribution is -0.154. The van der Waals surface area contributed by atoms with Crippen molar-refractivity contribution in [3.05, 3.63) is 24.3 Å². The van der Waals surface area contributed by atoms with Crippen LogP contribution in [0, 0.1) is 0 Å². The molecule has 0 aromatic rings. The Morgan fingerprint density at radius 1 is 0.509 bits per heavy atom. The van der Waals surface area contributed by atoms with Crippen molar-refractivity contribution in [2.24, 2.45) is 0 Å². The second-order valence-corrected chi connectivity index (χ2v) is 16.6. The van der Waals surface area contributed by atoms with Gasteiger partial charge in [-0.25, -0.2) is 4.57 Å². The molecule has 0 amide bonds. The Morgan fingerprint density at radius 3 is 1.34 bits per heavy atom. The minimum absolute atomic E-state index is 0.0809. The third kappa shape index (κ3) is 45.3. The molecule has 0 saturated heterocycles. The minimum Gasteiger partial charge on any atom is -0.457 e. The second-order valence-electron chi connectivity index (χ2n) is 15.4. The fourth-order valence-electron chi connectivity index (χ4n) is 6.65. The number of phosphoric ester groups is 1. The van der Waals surface area contributed by atoms with E-state index in [0.29, 0.717) is 13.0 Å². The molecule has 0 radical (unpaired) electrons. The maximum absolute atomic E-state index is 12.4. The van der Waals surface area contributed by atoms with E-state index in [2.05, 4.69) is 42.7 Å². The van der Waals surface area contributed by atoms with Crippen LogP contribution >= 0.6 is 7.82 Å². The molecule has 2 N–H and O–H groups in total. The van der Waals surface area contributed by atoms with Gasteiger partial charge in [-0.15, -0.1) is 0 Å². The van der Waals surface area contributed by atoms with Gasteiger partial charge in [-0.3, -0.25) is 9.32 Å². The summed E-state index contributed by atoms with van der Waals surface area (Å²) in [5, 5.41) is 0. The molecule has 0 aliphatic carbocycles. The number of esters is 1. The predicted octanol–water partition coefficient (Wildman–Crippen LogP) is 14.4. The van der Waals surface area contributed by atoms with Gasteiger partial charge in [0, 0.05) is 13.0 Å². The van der Waals surface area contributed by atoms with Gasteiger partial charge >= 0.3 is 13.8 Å². The first-order chi connectivity index (χ1) is 25.9. The van der Waals surface area contributed by atoms with Gasteiger partial charge in [0.15, 0.2) is 0 Å². The normalized spacial score (nSPS) is 12.8. The summed E-state index contributed by atoms with van der Waals surface area (Å²) in [5.41, 5.74) is 0. The number of hydrogen-bond donors (Lipinski definition) is 2. The predicted molar refractivity (Wildman–Crippen MR) is 225 cm³/mol. The number of allylic oxidation sites excluding steroid dienone is 4. The Kier molecular flexibility index (Phi) is 41.4. The number of phosphoric acid groups is 1. The molecule has 0 aliphatic heterocycles. The molecule has 0 bridgehead atoms. The first-order valence-corrected chi connectivity index (χ1v) is 24.2. The van der Waals surface area contributed by atoms with E-state index in [0.717, 1.165) is 38.5 Å². The Hall–Kier alpha value is -0.980. The summed E-state index contributed by atoms with van der Waals surface area (Å²) in [7, 11) is -4.65. The van der Waals surface area contributed by atoms with Crippen molar-refractivity contribution >= 4 is 13.8 Å². The largest absolute Gasteiger partial charge is 0.469 e. The van der Waals surface area contributed by atoms with E-state index in [1.54, 1.807) is 0 Å². The van der Waals surface area contributed by atoms with E-state index in [-0.39, 0.29) is 19.2 Å². The molecule has 0 heterocycles. The van der Waals surface area contributed by atoms with Crippen LogP contribution in [-0.4, -0.2) is 41.7 Å². The van der Waals surface area contributed by atoms with Crippen LogP contribution in [0.2, 0.25) is 0 Å². The van der Waals surface area contributed by atoms with Gasteiger partial charge < -0.3 is 19.3 Å². The molecule has 8 heteroatoms. The van der Waals surface area contributed by atoms with E-state index in [9.17, 15) is 9.36 Å². The SMILES string of the molecule is CCCCC/C=C\C/C=C\CCCCCCCCCCCC(=O)O[C@H](COCCCCCCCCCCCCCCCCCCCC)COP(=O)(O)O. The summed E-state index contributed by atoms with van der Waals surface area (Å²) in [5.74, 6) is -0.363. The minimum atomic E-state index is -4.65. The van der Waals surface area contributed by atoms with Crippen molar-refractivity contribution in [2.75, 3.05) is 19.8 Å². The zero-order valence-electron chi connectivity index (χ0n) is 34.9. The summed E-state index contributed by atoms with van der Waals surface area (Å²) in [6.07, 6.45) is 50.3. The van der Waals surface area contributed by atoms with Crippen LogP contribution in [-0.2, 0) is 23.4 Å². The first kappa shape index (κ1) is 52.0. The quantitative estimate of drug-likeness (QED) is 0.0275. The molecule has 0 aromatic heterocycles. The first-order valence-electron chi connectivity index (χ1n) is 22.7. The van der Waals surface area contributed by atoms with Crippen molar-refractivity contribution in [1.82, 2.24) is 0 Å². The molecule has 0 unspecified atom stereocenters. The molecule has 0 aliphatic rings. The van der Waals surface area contributed by atoms with Gasteiger partial charge in [0.1, 0.15) is 6.10 Å². The highest BCUT2D eigenvalue weighted by Crippen LogP contribution is 2.36. The fraction of sp³-hybridized carbons (Fsp3) is 0.889. The van der Waals surface area contributed by atoms with Crippen LogP contribution in [0.25, 0.3) is 0 Å². The van der Waals surface area contributed by atoms with E-state index < -0.39 is 13.9 Å². The van der Waals surface area contributed by atoms with Gasteiger partial charge in [0.25, 0.3) is 0 Å². The zero-order chi connectivity index (χ0) is 38.8. The molecule has 0 fully saturated rings. The lowest BCUT2D eigenvalue weighted by atomic mass is 10.0. The Bertz CT molecular complexity index is 856. The lowest BCUT2D eigenvalue weighted by Crippen LogP contribution is -2.28. The number of carbonyl (C=O) groups is 1. The van der Waals surface area contributed by atoms with Crippen molar-refractivity contribution in [3.8, 4) is 0 Å². The molecule has 0 aromatic carbocycles. The maximum atomic E-state index is 12.4. The number of rotatable bonds is 43. The van der Waals surface area contributed by atoms with Crippen LogP contribution in [0.3, 0.4) is 0 Å². The lowest BCUT2D eigenvalue weighted by Gasteiger charge is -2.18. The summed E-state index contributed by atoms with van der Waals surface area (Å²) in [6.45, 7) is 4.77. The third-order valence-electron chi connectivity index (χ3n) is 10.0. The van der Waals surface area contributed by atoms with Gasteiger partial charge in [-0.1, -0.05) is 205 Å². The summed E-state index contributed by atoms with van der Waals surface area (Å²) < 4.78 is 27.1. The molecule has 0 spiro atoms. The molecule has 0 saturated carbocycles. The summed E-state index contributed by atoms with van der Waals surface area (Å²) >= 11 is 0. The highest BCUT2D eigenvalue weighted by atomic mass is 31.2. The monoisotopic (exact) mass is 771 g/mol. The Morgan fingerprint density at radius 2 is 0.887 bits per heavy atom. The van der Waals surface area contributed by atoms with Crippen LogP contribution in [0.4, 0.5) is 0 Å². The highest BCUT2D eigenvalue weighted by molar-refractivity contribution is 7.46. The number of hydrogen-bond acceptors (Lipinski definition) is 5. The van der Waals surface area contributed by atoms with Crippen LogP contribution in [0.1, 0.15) is 232 Å². The fourth-order valence-corrected chi connectivity index (χ4v) is 7.01. The average Bonchev–Trinajstić information content (AvgIpc) is 3.13. The summed E-state index contributed by atoms with van der Waals surface area (Å²) in [4.78, 5) is 30.7. The molecule has 7 nitrogen and oxygen atoms in total. The molecule has 1 atom stereocenters. The Labute approximate surface area is 328 Å². The average molecular weight is 771 g/mol. The number of ether oxygens (including phenoxy) is 2. The standard InChI is InChI=1S/C45H87O7P/c1-3-5-7-9-11-13-15-17-19-21-23-24-26-28-30-32-34-36-38-40-45(46)52-44(43-51-53(47,48)49)42-50-41-39-37-35-33-31-29-27-25-22-20-18-16-14-12-10-8-6-4-2/h11,13,17,19,44H,3-10,12,14-16,18,20-43H2,1-2H3,(H2,47,48,49)/b13-11-,19-17-/t44-/m1/s1. The van der Waals surface area contributed by atoms with Gasteiger partial charge in [-0.2, -0.15) is 0 Å². The molecule has 53 heavy (non-hydrogen) atoms. The molecular formula is C45H87O7P. The van der Waals surface area contributed by atoms with Gasteiger partial charge in [0.2, 0.25) is 0 Å². The molecular weight excluding hydrogens is 683 g/mol. The van der Waals surface area contributed by atoms with Gasteiger partial charge in [0.05, 0.1) is 13.2 Å². The van der Waals surface area contributed by atoms with Crippen LogP contribution < -0.4 is 0 Å². The molecule has 314 valence electrons. The topological polar surface area (TPSA) is 102 Å². The number of carbonyl (C=O) groups excluding carboxylic acids is 1. The zero-order valence-corrected chi connectivity index (χ0v) is 35.8. The van der Waals surface area contributed by atoms with Crippen molar-refractivity contribution in [1.29, 1.82) is 0 Å². The van der Waals surface area contributed by atoms with Crippen LogP contribution in [0.15, 0.2) is 24.3 Å². The van der Waals surface area contributed by atoms with Crippen LogP contribution in [0.5, 0.6) is 0 Å². The highest BCUT2D eigenvalue weighted by Gasteiger charge is 2.21. The van der Waals surface area contributed by atoms with E-state index >= 15 is 0 Å². The van der Waals surface area contributed by atoms with Crippen molar-refractivity contribution < 1.29 is 33.1 Å². The third-order valence-corrected chi connectivity index (χ3v) is 10.5. The summed E-state index contributed by atoms with van der Waals surface area (Å²) in [6, 6.07) is 0. The van der Waals surface area contributed by atoms with E-state index in [1.807, 2.05) is 0 Å². The number of unbranched alkanes of at least 4 members (excludes halogenated alkanes) is 29. The second kappa shape index (κ2) is 42.2. The van der Waals surface area contributed by atoms with E-state index in [4.69, 9.17) is 19.3 Å². The van der Waals surface area contributed by atoms with Gasteiger partial charge in [-0.05, 0) is 44.9 Å².